The van der Waals surface area contributed by atoms with Crippen LogP contribution in [0.5, 0.6) is 0 Å². The molecule has 0 atom stereocenters. The molecule has 0 amide bonds. The summed E-state index contributed by atoms with van der Waals surface area (Å²) in [5.74, 6) is 0. The third-order valence-electron chi connectivity index (χ3n) is 9.48. The molecule has 0 spiro atoms. The molecule has 1 heterocycles. The Kier molecular flexibility index (Phi) is 6.87. The van der Waals surface area contributed by atoms with Crippen LogP contribution in [0.1, 0.15) is 0 Å². The molecular weight excluding hydrogens is 579 g/mol. The van der Waals surface area contributed by atoms with Crippen molar-refractivity contribution >= 4 is 32.3 Å². The highest BCUT2D eigenvalue weighted by molar-refractivity contribution is 6.21. The molecule has 0 aliphatic rings. The van der Waals surface area contributed by atoms with Crippen LogP contribution in [0.15, 0.2) is 188 Å². The third-order valence-corrected chi connectivity index (χ3v) is 9.48. The predicted molar refractivity (Wildman–Crippen MR) is 204 cm³/mol. The van der Waals surface area contributed by atoms with Gasteiger partial charge in [0, 0.05) is 11.1 Å². The lowest BCUT2D eigenvalue weighted by Crippen LogP contribution is -1.93. The Balaban J connectivity index is 1.15. The van der Waals surface area contributed by atoms with Crippen molar-refractivity contribution < 1.29 is 0 Å². The second-order valence-electron chi connectivity index (χ2n) is 12.3. The van der Waals surface area contributed by atoms with Crippen LogP contribution in [0.4, 0.5) is 0 Å². The molecule has 0 radical (unpaired) electrons. The first-order valence-electron chi connectivity index (χ1n) is 16.5. The standard InChI is InChI=1S/C47H31N/c1-2-11-32(12-3-1)34-21-23-35(24-22-34)36-25-28-37(29-26-36)46-40-15-6-8-17-42(40)47(43-18-9-7-16-41(43)46)45-20-10-19-44(48-45)39-30-27-33-13-4-5-14-38(33)31-39/h1-31H. The normalized spacial score (nSPS) is 11.3. The van der Waals surface area contributed by atoms with Crippen molar-refractivity contribution in [2.45, 2.75) is 0 Å². The Hall–Kier alpha value is -6.31. The number of rotatable bonds is 5. The van der Waals surface area contributed by atoms with Crippen LogP contribution < -0.4 is 0 Å². The molecule has 0 unspecified atom stereocenters. The van der Waals surface area contributed by atoms with Gasteiger partial charge in [0.25, 0.3) is 0 Å². The molecule has 0 aliphatic carbocycles. The molecule has 9 rings (SSSR count). The first-order chi connectivity index (χ1) is 23.8. The van der Waals surface area contributed by atoms with Crippen LogP contribution >= 0.6 is 0 Å². The zero-order chi connectivity index (χ0) is 31.9. The average Bonchev–Trinajstić information content (AvgIpc) is 3.17. The van der Waals surface area contributed by atoms with E-state index in [2.05, 4.69) is 188 Å². The van der Waals surface area contributed by atoms with E-state index in [0.29, 0.717) is 0 Å². The van der Waals surface area contributed by atoms with Crippen molar-refractivity contribution in [3.63, 3.8) is 0 Å². The number of hydrogen-bond donors (Lipinski definition) is 0. The molecule has 0 fully saturated rings. The van der Waals surface area contributed by atoms with Crippen molar-refractivity contribution in [1.29, 1.82) is 0 Å². The van der Waals surface area contributed by atoms with Gasteiger partial charge in [0.05, 0.1) is 11.4 Å². The van der Waals surface area contributed by atoms with Crippen molar-refractivity contribution in [2.24, 2.45) is 0 Å². The van der Waals surface area contributed by atoms with E-state index in [1.165, 1.54) is 71.3 Å². The van der Waals surface area contributed by atoms with E-state index in [1.54, 1.807) is 0 Å². The maximum atomic E-state index is 5.29. The van der Waals surface area contributed by atoms with Gasteiger partial charge < -0.3 is 0 Å². The Morgan fingerprint density at radius 2 is 0.688 bits per heavy atom. The molecule has 1 aromatic heterocycles. The largest absolute Gasteiger partial charge is 0.248 e. The summed E-state index contributed by atoms with van der Waals surface area (Å²) in [6.07, 6.45) is 0. The molecule has 224 valence electrons. The average molecular weight is 610 g/mol. The fraction of sp³-hybridized carbons (Fsp3) is 0. The Morgan fingerprint density at radius 3 is 1.29 bits per heavy atom. The second-order valence-corrected chi connectivity index (χ2v) is 12.3. The number of nitrogens with zero attached hydrogens (tertiary/aromatic N) is 1. The summed E-state index contributed by atoms with van der Waals surface area (Å²) < 4.78 is 0. The van der Waals surface area contributed by atoms with Gasteiger partial charge in [0.1, 0.15) is 0 Å². The molecule has 8 aromatic carbocycles. The topological polar surface area (TPSA) is 12.9 Å². The summed E-state index contributed by atoms with van der Waals surface area (Å²) in [6.45, 7) is 0. The van der Waals surface area contributed by atoms with Crippen LogP contribution in [-0.2, 0) is 0 Å². The summed E-state index contributed by atoms with van der Waals surface area (Å²) in [4.78, 5) is 5.29. The molecule has 0 bridgehead atoms. The smallest absolute Gasteiger partial charge is 0.0722 e. The molecule has 0 N–H and O–H groups in total. The molecule has 1 heteroatoms. The summed E-state index contributed by atoms with van der Waals surface area (Å²) in [5, 5.41) is 7.31. The molecule has 0 saturated carbocycles. The van der Waals surface area contributed by atoms with Gasteiger partial charge in [-0.1, -0.05) is 170 Å². The van der Waals surface area contributed by atoms with Crippen molar-refractivity contribution in [3.05, 3.63) is 188 Å². The summed E-state index contributed by atoms with van der Waals surface area (Å²) in [5.41, 5.74) is 11.6. The minimum atomic E-state index is 0.975. The minimum Gasteiger partial charge on any atom is -0.248 e. The number of hydrogen-bond acceptors (Lipinski definition) is 1. The lowest BCUT2D eigenvalue weighted by molar-refractivity contribution is 1.34. The van der Waals surface area contributed by atoms with E-state index in [1.807, 2.05) is 0 Å². The monoisotopic (exact) mass is 609 g/mol. The van der Waals surface area contributed by atoms with Crippen molar-refractivity contribution in [2.75, 3.05) is 0 Å². The summed E-state index contributed by atoms with van der Waals surface area (Å²) in [7, 11) is 0. The first kappa shape index (κ1) is 28.0. The van der Waals surface area contributed by atoms with Crippen LogP contribution in [-0.4, -0.2) is 4.98 Å². The van der Waals surface area contributed by atoms with Gasteiger partial charge in [0.2, 0.25) is 0 Å². The second kappa shape index (κ2) is 11.8. The number of aromatic nitrogens is 1. The quantitative estimate of drug-likeness (QED) is 0.177. The Morgan fingerprint density at radius 1 is 0.250 bits per heavy atom. The number of pyridine rings is 1. The van der Waals surface area contributed by atoms with Crippen LogP contribution in [0.3, 0.4) is 0 Å². The Labute approximate surface area is 280 Å². The minimum absolute atomic E-state index is 0.975. The van der Waals surface area contributed by atoms with E-state index in [4.69, 9.17) is 4.98 Å². The van der Waals surface area contributed by atoms with Gasteiger partial charge in [-0.3, -0.25) is 0 Å². The highest BCUT2D eigenvalue weighted by atomic mass is 14.7. The van der Waals surface area contributed by atoms with E-state index in [-0.39, 0.29) is 0 Å². The van der Waals surface area contributed by atoms with Gasteiger partial charge in [-0.25, -0.2) is 4.98 Å². The SMILES string of the molecule is c1ccc(-c2ccc(-c3ccc(-c4c5ccccc5c(-c5cccc(-c6ccc7ccccc7c6)n5)c5ccccc45)cc3)cc2)cc1. The number of benzene rings is 8. The van der Waals surface area contributed by atoms with Gasteiger partial charge in [-0.05, 0) is 83.9 Å². The molecule has 9 aromatic rings. The van der Waals surface area contributed by atoms with E-state index >= 15 is 0 Å². The lowest BCUT2D eigenvalue weighted by atomic mass is 9.86. The van der Waals surface area contributed by atoms with Crippen LogP contribution in [0.2, 0.25) is 0 Å². The zero-order valence-corrected chi connectivity index (χ0v) is 26.3. The molecule has 0 saturated heterocycles. The molecule has 0 aliphatic heterocycles. The summed E-state index contributed by atoms with van der Waals surface area (Å²) >= 11 is 0. The lowest BCUT2D eigenvalue weighted by Gasteiger charge is -2.18. The van der Waals surface area contributed by atoms with Crippen molar-refractivity contribution in [3.8, 4) is 55.9 Å². The van der Waals surface area contributed by atoms with Crippen molar-refractivity contribution in [1.82, 2.24) is 4.98 Å². The van der Waals surface area contributed by atoms with Crippen LogP contribution in [0.25, 0.3) is 88.2 Å². The predicted octanol–water partition coefficient (Wildman–Crippen LogP) is 12.9. The van der Waals surface area contributed by atoms with Gasteiger partial charge in [0.15, 0.2) is 0 Å². The maximum absolute atomic E-state index is 5.29. The molecule has 48 heavy (non-hydrogen) atoms. The fourth-order valence-electron chi connectivity index (χ4n) is 7.11. The Bertz CT molecular complexity index is 2520. The van der Waals surface area contributed by atoms with E-state index in [0.717, 1.165) is 17.0 Å². The van der Waals surface area contributed by atoms with E-state index in [9.17, 15) is 0 Å². The van der Waals surface area contributed by atoms with Gasteiger partial charge in [-0.2, -0.15) is 0 Å². The molecular formula is C47H31N. The third kappa shape index (κ3) is 4.94. The van der Waals surface area contributed by atoms with Gasteiger partial charge in [-0.15, -0.1) is 0 Å². The zero-order valence-electron chi connectivity index (χ0n) is 26.3. The maximum Gasteiger partial charge on any atom is 0.0722 e. The fourth-order valence-corrected chi connectivity index (χ4v) is 7.11. The number of fused-ring (bicyclic) bond motifs is 3. The highest BCUT2D eigenvalue weighted by Crippen LogP contribution is 2.43. The van der Waals surface area contributed by atoms with Gasteiger partial charge >= 0.3 is 0 Å². The molecule has 1 nitrogen and oxygen atoms in total. The highest BCUT2D eigenvalue weighted by Gasteiger charge is 2.18. The first-order valence-corrected chi connectivity index (χ1v) is 16.5. The van der Waals surface area contributed by atoms with Crippen LogP contribution in [0, 0.1) is 0 Å². The van der Waals surface area contributed by atoms with E-state index < -0.39 is 0 Å². The summed E-state index contributed by atoms with van der Waals surface area (Å²) in [6, 6.07) is 67.5.